The van der Waals surface area contributed by atoms with Crippen LogP contribution in [0, 0.1) is 23.6 Å². The monoisotopic (exact) mass is 444 g/mol. The van der Waals surface area contributed by atoms with Gasteiger partial charge in [-0.3, -0.25) is 4.79 Å². The molecule has 1 aromatic rings. The minimum atomic E-state index is -0.363. The molecule has 3 amide bonds. The third-order valence-electron chi connectivity index (χ3n) is 7.64. The second-order valence-electron chi connectivity index (χ2n) is 10.1. The maximum absolute atomic E-state index is 14.5. The summed E-state index contributed by atoms with van der Waals surface area (Å²) in [7, 11) is 0. The summed E-state index contributed by atoms with van der Waals surface area (Å²) >= 11 is 0. The first-order chi connectivity index (χ1) is 15.5. The van der Waals surface area contributed by atoms with E-state index in [2.05, 4.69) is 16.0 Å². The highest BCUT2D eigenvalue weighted by atomic mass is 19.1. The van der Waals surface area contributed by atoms with Crippen LogP contribution in [0.25, 0.3) is 0 Å². The molecule has 4 saturated carbocycles. The highest BCUT2D eigenvalue weighted by Gasteiger charge is 2.51. The number of anilines is 2. The van der Waals surface area contributed by atoms with Crippen molar-refractivity contribution in [3.8, 4) is 0 Å². The molecule has 1 saturated heterocycles. The van der Waals surface area contributed by atoms with Crippen molar-refractivity contribution in [3.05, 3.63) is 24.0 Å². The van der Waals surface area contributed by atoms with Crippen LogP contribution in [0.15, 0.2) is 18.2 Å². The van der Waals surface area contributed by atoms with Gasteiger partial charge in [-0.1, -0.05) is 0 Å². The van der Waals surface area contributed by atoms with Crippen molar-refractivity contribution < 1.29 is 18.7 Å². The Morgan fingerprint density at radius 3 is 2.34 bits per heavy atom. The number of morpholine rings is 1. The molecule has 5 fully saturated rings. The van der Waals surface area contributed by atoms with Gasteiger partial charge in [0.05, 0.1) is 18.9 Å². The SMILES string of the molecule is O=C(CCNC(=O)NC12CC3CC(CC(C3)C1)C2)Nc1ccc(N2CCOCC2)c(F)c1. The summed E-state index contributed by atoms with van der Waals surface area (Å²) in [5.74, 6) is 1.68. The third-order valence-corrected chi connectivity index (χ3v) is 7.64. The maximum atomic E-state index is 14.5. The lowest BCUT2D eigenvalue weighted by molar-refractivity contribution is -0.116. The first-order valence-corrected chi connectivity index (χ1v) is 12.0. The number of amides is 3. The zero-order valence-corrected chi connectivity index (χ0v) is 18.5. The molecular formula is C24H33FN4O3. The molecule has 1 aliphatic heterocycles. The summed E-state index contributed by atoms with van der Waals surface area (Å²) in [5.41, 5.74) is 0.901. The zero-order chi connectivity index (χ0) is 22.1. The van der Waals surface area contributed by atoms with Crippen molar-refractivity contribution in [2.45, 2.75) is 50.5 Å². The number of halogens is 1. The Bertz CT molecular complexity index is 836. The van der Waals surface area contributed by atoms with Crippen LogP contribution in [0.2, 0.25) is 0 Å². The molecule has 5 aliphatic rings. The minimum Gasteiger partial charge on any atom is -0.378 e. The van der Waals surface area contributed by atoms with E-state index in [0.717, 1.165) is 37.0 Å². The van der Waals surface area contributed by atoms with E-state index >= 15 is 0 Å². The Balaban J connectivity index is 1.06. The van der Waals surface area contributed by atoms with Gasteiger partial charge in [0.25, 0.3) is 0 Å². The second kappa shape index (κ2) is 8.89. The number of nitrogens with one attached hydrogen (secondary N) is 3. The molecule has 4 aliphatic carbocycles. The van der Waals surface area contributed by atoms with E-state index in [1.54, 1.807) is 12.1 Å². The maximum Gasteiger partial charge on any atom is 0.315 e. The fourth-order valence-electron chi connectivity index (χ4n) is 6.71. The van der Waals surface area contributed by atoms with Gasteiger partial charge in [0.2, 0.25) is 5.91 Å². The molecule has 3 N–H and O–H groups in total. The molecule has 174 valence electrons. The average molecular weight is 445 g/mol. The van der Waals surface area contributed by atoms with Gasteiger partial charge in [-0.25, -0.2) is 9.18 Å². The molecule has 1 heterocycles. The topological polar surface area (TPSA) is 82.7 Å². The van der Waals surface area contributed by atoms with Gasteiger partial charge in [0.1, 0.15) is 5.82 Å². The van der Waals surface area contributed by atoms with Crippen LogP contribution in [0.4, 0.5) is 20.6 Å². The molecule has 4 bridgehead atoms. The molecule has 0 aromatic heterocycles. The highest BCUT2D eigenvalue weighted by Crippen LogP contribution is 2.55. The number of urea groups is 1. The van der Waals surface area contributed by atoms with E-state index in [-0.39, 0.29) is 36.3 Å². The van der Waals surface area contributed by atoms with Crippen molar-refractivity contribution in [2.24, 2.45) is 17.8 Å². The molecule has 0 unspecified atom stereocenters. The van der Waals surface area contributed by atoms with E-state index in [4.69, 9.17) is 4.74 Å². The summed E-state index contributed by atoms with van der Waals surface area (Å²) in [5, 5.41) is 8.80. The lowest BCUT2D eigenvalue weighted by Crippen LogP contribution is -2.61. The van der Waals surface area contributed by atoms with E-state index in [1.165, 1.54) is 25.3 Å². The molecule has 32 heavy (non-hydrogen) atoms. The minimum absolute atomic E-state index is 0.0408. The molecule has 6 rings (SSSR count). The van der Waals surface area contributed by atoms with Crippen LogP contribution < -0.4 is 20.9 Å². The van der Waals surface area contributed by atoms with Gasteiger partial charge in [-0.15, -0.1) is 0 Å². The zero-order valence-electron chi connectivity index (χ0n) is 18.5. The Labute approximate surface area is 188 Å². The summed E-state index contributed by atoms with van der Waals surface area (Å²) in [4.78, 5) is 26.7. The van der Waals surface area contributed by atoms with Gasteiger partial charge in [-0.05, 0) is 74.5 Å². The smallest absolute Gasteiger partial charge is 0.315 e. The van der Waals surface area contributed by atoms with Crippen molar-refractivity contribution in [2.75, 3.05) is 43.1 Å². The van der Waals surface area contributed by atoms with E-state index in [9.17, 15) is 14.0 Å². The average Bonchev–Trinajstić information content (AvgIpc) is 2.73. The largest absolute Gasteiger partial charge is 0.378 e. The van der Waals surface area contributed by atoms with Crippen LogP contribution in [-0.2, 0) is 9.53 Å². The Hall–Kier alpha value is -2.35. The fraction of sp³-hybridized carbons (Fsp3) is 0.667. The van der Waals surface area contributed by atoms with E-state index in [0.29, 0.717) is 37.7 Å². The highest BCUT2D eigenvalue weighted by molar-refractivity contribution is 5.91. The van der Waals surface area contributed by atoms with Gasteiger partial charge >= 0.3 is 6.03 Å². The Morgan fingerprint density at radius 2 is 1.72 bits per heavy atom. The molecule has 8 heteroatoms. The predicted octanol–water partition coefficient (Wildman–Crippen LogP) is 3.26. The number of hydrogen-bond donors (Lipinski definition) is 3. The molecule has 0 spiro atoms. The fourth-order valence-corrected chi connectivity index (χ4v) is 6.71. The van der Waals surface area contributed by atoms with Gasteiger partial charge in [0.15, 0.2) is 0 Å². The summed E-state index contributed by atoms with van der Waals surface area (Å²) in [6.07, 6.45) is 7.42. The Morgan fingerprint density at radius 1 is 1.06 bits per heavy atom. The van der Waals surface area contributed by atoms with E-state index < -0.39 is 0 Å². The standard InChI is InChI=1S/C24H33FN4O3/c25-20-12-19(1-2-21(20)29-5-7-32-8-6-29)27-22(30)3-4-26-23(31)28-24-13-16-9-17(14-24)11-18(10-16)15-24/h1-2,12,16-18H,3-11,13-15H2,(H,27,30)(H2,26,28,31). The van der Waals surface area contributed by atoms with Crippen molar-refractivity contribution in [1.29, 1.82) is 0 Å². The predicted molar refractivity (Wildman–Crippen MR) is 120 cm³/mol. The van der Waals surface area contributed by atoms with Crippen LogP contribution >= 0.6 is 0 Å². The van der Waals surface area contributed by atoms with Crippen molar-refractivity contribution >= 4 is 23.3 Å². The van der Waals surface area contributed by atoms with Crippen LogP contribution in [-0.4, -0.2) is 50.3 Å². The number of benzene rings is 1. The quantitative estimate of drug-likeness (QED) is 0.629. The second-order valence-corrected chi connectivity index (χ2v) is 10.1. The van der Waals surface area contributed by atoms with Crippen LogP contribution in [0.3, 0.4) is 0 Å². The normalized spacial score (nSPS) is 30.8. The first kappa shape index (κ1) is 21.5. The molecule has 1 aromatic carbocycles. The number of carbonyl (C=O) groups excluding carboxylic acids is 2. The molecule has 7 nitrogen and oxygen atoms in total. The number of carbonyl (C=O) groups is 2. The summed E-state index contributed by atoms with van der Waals surface area (Å²) in [6.45, 7) is 2.72. The number of hydrogen-bond acceptors (Lipinski definition) is 4. The molecule has 0 atom stereocenters. The van der Waals surface area contributed by atoms with Crippen LogP contribution in [0.5, 0.6) is 0 Å². The lowest BCUT2D eigenvalue weighted by atomic mass is 9.53. The lowest BCUT2D eigenvalue weighted by Gasteiger charge is -2.56. The van der Waals surface area contributed by atoms with Crippen LogP contribution in [0.1, 0.15) is 44.9 Å². The molecular weight excluding hydrogens is 411 g/mol. The van der Waals surface area contributed by atoms with Gasteiger partial charge in [-0.2, -0.15) is 0 Å². The van der Waals surface area contributed by atoms with Gasteiger partial charge in [0, 0.05) is 37.3 Å². The van der Waals surface area contributed by atoms with Crippen molar-refractivity contribution in [3.63, 3.8) is 0 Å². The number of ether oxygens (including phenoxy) is 1. The number of rotatable bonds is 6. The van der Waals surface area contributed by atoms with Gasteiger partial charge < -0.3 is 25.6 Å². The number of nitrogens with zero attached hydrogens (tertiary/aromatic N) is 1. The Kier molecular flexibility index (Phi) is 5.97. The first-order valence-electron chi connectivity index (χ1n) is 12.0. The summed E-state index contributed by atoms with van der Waals surface area (Å²) < 4.78 is 19.8. The van der Waals surface area contributed by atoms with Crippen molar-refractivity contribution in [1.82, 2.24) is 10.6 Å². The third kappa shape index (κ3) is 4.70. The summed E-state index contributed by atoms with van der Waals surface area (Å²) in [6, 6.07) is 4.56. The van der Waals surface area contributed by atoms with E-state index in [1.807, 2.05) is 4.90 Å². The molecule has 0 radical (unpaired) electrons.